The summed E-state index contributed by atoms with van der Waals surface area (Å²) in [6.45, 7) is 9.07. The summed E-state index contributed by atoms with van der Waals surface area (Å²) in [4.78, 5) is 0. The van der Waals surface area contributed by atoms with Crippen LogP contribution in [-0.4, -0.2) is 15.3 Å². The average Bonchev–Trinajstić information content (AvgIpc) is 2.75. The van der Waals surface area contributed by atoms with Crippen LogP contribution < -0.4 is 0 Å². The first-order valence-electron chi connectivity index (χ1n) is 7.18. The van der Waals surface area contributed by atoms with Crippen molar-refractivity contribution >= 4 is 0 Å². The van der Waals surface area contributed by atoms with Crippen LogP contribution >= 0.6 is 0 Å². The molecule has 2 rings (SSSR count). The lowest BCUT2D eigenvalue weighted by molar-refractivity contribution is 0.305. The fourth-order valence-electron chi connectivity index (χ4n) is 2.79. The Labute approximate surface area is 121 Å². The van der Waals surface area contributed by atoms with Crippen LogP contribution in [0.4, 0.5) is 0 Å². The van der Waals surface area contributed by atoms with Crippen molar-refractivity contribution < 1.29 is 5.11 Å². The summed E-state index contributed by atoms with van der Waals surface area (Å²) in [5.41, 5.74) is 3.06. The molecule has 0 radical (unpaired) electrons. The van der Waals surface area contributed by atoms with Crippen molar-refractivity contribution in [2.24, 2.45) is 11.3 Å². The van der Waals surface area contributed by atoms with Crippen LogP contribution in [-0.2, 0) is 6.42 Å². The van der Waals surface area contributed by atoms with Gasteiger partial charge < -0.3 is 5.11 Å². The summed E-state index contributed by atoms with van der Waals surface area (Å²) < 4.78 is 0. The number of phenolic OH excluding ortho intramolecular Hbond substituents is 1. The molecule has 0 aliphatic carbocycles. The van der Waals surface area contributed by atoms with E-state index in [1.54, 1.807) is 6.07 Å². The number of rotatable bonds is 4. The smallest absolute Gasteiger partial charge is 0.125 e. The van der Waals surface area contributed by atoms with Crippen LogP contribution in [0.5, 0.6) is 5.75 Å². The predicted octanol–water partition coefficient (Wildman–Crippen LogP) is 4.40. The van der Waals surface area contributed by atoms with Crippen LogP contribution in [0.2, 0.25) is 0 Å². The van der Waals surface area contributed by atoms with E-state index in [9.17, 15) is 5.11 Å². The van der Waals surface area contributed by atoms with E-state index in [2.05, 4.69) is 37.9 Å². The first kappa shape index (κ1) is 14.6. The van der Waals surface area contributed by atoms with Crippen molar-refractivity contribution in [3.8, 4) is 17.0 Å². The normalized spacial score (nSPS) is 13.4. The molecule has 0 aliphatic heterocycles. The van der Waals surface area contributed by atoms with Gasteiger partial charge in [-0.15, -0.1) is 0 Å². The highest BCUT2D eigenvalue weighted by atomic mass is 16.3. The molecule has 1 heterocycles. The predicted molar refractivity (Wildman–Crippen MR) is 82.6 cm³/mol. The molecule has 0 amide bonds. The Kier molecular flexibility index (Phi) is 4.17. The van der Waals surface area contributed by atoms with Crippen LogP contribution in [0.1, 0.15) is 39.8 Å². The van der Waals surface area contributed by atoms with Gasteiger partial charge >= 0.3 is 0 Å². The summed E-state index contributed by atoms with van der Waals surface area (Å²) in [7, 11) is 0. The van der Waals surface area contributed by atoms with Gasteiger partial charge in [-0.25, -0.2) is 0 Å². The van der Waals surface area contributed by atoms with E-state index in [1.165, 1.54) is 6.42 Å². The Morgan fingerprint density at radius 1 is 1.25 bits per heavy atom. The highest BCUT2D eigenvalue weighted by Gasteiger charge is 2.17. The van der Waals surface area contributed by atoms with E-state index >= 15 is 0 Å². The minimum absolute atomic E-state index is 0.272. The average molecular weight is 272 g/mol. The molecule has 0 bridgehead atoms. The van der Waals surface area contributed by atoms with Gasteiger partial charge in [0, 0.05) is 11.3 Å². The number of hydrogen-bond donors (Lipinski definition) is 2. The SMILES string of the molecule is CC(Cc1cc(-c2ccccc2O)n[nH]1)CC(C)(C)C. The zero-order chi connectivity index (χ0) is 14.8. The van der Waals surface area contributed by atoms with E-state index in [1.807, 2.05) is 24.3 Å². The molecule has 1 aromatic carbocycles. The Hall–Kier alpha value is -1.77. The zero-order valence-corrected chi connectivity index (χ0v) is 12.8. The van der Waals surface area contributed by atoms with Crippen LogP contribution in [0, 0.1) is 11.3 Å². The molecular weight excluding hydrogens is 248 g/mol. The Bertz CT molecular complexity index is 566. The molecule has 0 saturated heterocycles. The number of nitrogens with zero attached hydrogens (tertiary/aromatic N) is 1. The van der Waals surface area contributed by atoms with Gasteiger partial charge in [0.25, 0.3) is 0 Å². The summed E-state index contributed by atoms with van der Waals surface area (Å²) in [6.07, 6.45) is 2.16. The summed E-state index contributed by atoms with van der Waals surface area (Å²) in [5, 5.41) is 17.3. The number of hydrogen-bond acceptors (Lipinski definition) is 2. The van der Waals surface area contributed by atoms with Gasteiger partial charge in [-0.1, -0.05) is 39.8 Å². The van der Waals surface area contributed by atoms with Crippen LogP contribution in [0.3, 0.4) is 0 Å². The molecule has 1 unspecified atom stereocenters. The standard InChI is InChI=1S/C17H24N2O/c1-12(11-17(2,3)4)9-13-10-15(19-18-13)14-7-5-6-8-16(14)20/h5-8,10,12,20H,9,11H2,1-4H3,(H,18,19). The van der Waals surface area contributed by atoms with Crippen molar-refractivity contribution in [3.63, 3.8) is 0 Å². The van der Waals surface area contributed by atoms with Gasteiger partial charge in [0.05, 0.1) is 5.69 Å². The number of nitrogens with one attached hydrogen (secondary N) is 1. The lowest BCUT2D eigenvalue weighted by Crippen LogP contribution is -2.12. The molecule has 1 atom stereocenters. The molecule has 3 heteroatoms. The Balaban J connectivity index is 2.08. The largest absolute Gasteiger partial charge is 0.507 e. The van der Waals surface area contributed by atoms with Gasteiger partial charge in [-0.2, -0.15) is 5.10 Å². The third kappa shape index (κ3) is 3.86. The lowest BCUT2D eigenvalue weighted by atomic mass is 9.84. The van der Waals surface area contributed by atoms with Gasteiger partial charge in [0.1, 0.15) is 5.75 Å². The second-order valence-electron chi connectivity index (χ2n) is 6.87. The molecule has 20 heavy (non-hydrogen) atoms. The summed E-state index contributed by atoms with van der Waals surface area (Å²) >= 11 is 0. The topological polar surface area (TPSA) is 48.9 Å². The van der Waals surface area contributed by atoms with Crippen molar-refractivity contribution in [2.45, 2.75) is 40.5 Å². The molecule has 0 spiro atoms. The molecule has 1 aromatic heterocycles. The number of aromatic hydroxyl groups is 1. The number of benzene rings is 1. The lowest BCUT2D eigenvalue weighted by Gasteiger charge is -2.22. The molecule has 0 saturated carbocycles. The minimum Gasteiger partial charge on any atom is -0.507 e. The number of aromatic nitrogens is 2. The van der Waals surface area contributed by atoms with E-state index < -0.39 is 0 Å². The Morgan fingerprint density at radius 3 is 2.60 bits per heavy atom. The van der Waals surface area contributed by atoms with Gasteiger partial charge in [-0.05, 0) is 42.4 Å². The van der Waals surface area contributed by atoms with Crippen molar-refractivity contribution in [3.05, 3.63) is 36.0 Å². The van der Waals surface area contributed by atoms with E-state index in [0.717, 1.165) is 23.4 Å². The Morgan fingerprint density at radius 2 is 1.95 bits per heavy atom. The van der Waals surface area contributed by atoms with E-state index in [-0.39, 0.29) is 5.75 Å². The van der Waals surface area contributed by atoms with Crippen molar-refractivity contribution in [2.75, 3.05) is 0 Å². The molecule has 0 aliphatic rings. The first-order valence-corrected chi connectivity index (χ1v) is 7.18. The fourth-order valence-corrected chi connectivity index (χ4v) is 2.79. The second-order valence-corrected chi connectivity index (χ2v) is 6.87. The van der Waals surface area contributed by atoms with E-state index in [0.29, 0.717) is 11.3 Å². The maximum Gasteiger partial charge on any atom is 0.125 e. The number of para-hydroxylation sites is 1. The third-order valence-corrected chi connectivity index (χ3v) is 3.34. The minimum atomic E-state index is 0.272. The maximum atomic E-state index is 9.85. The molecule has 2 aromatic rings. The highest BCUT2D eigenvalue weighted by Crippen LogP contribution is 2.29. The molecule has 0 fully saturated rings. The number of H-pyrrole nitrogens is 1. The molecule has 108 valence electrons. The van der Waals surface area contributed by atoms with Gasteiger partial charge in [-0.3, -0.25) is 5.10 Å². The van der Waals surface area contributed by atoms with Gasteiger partial charge in [0.2, 0.25) is 0 Å². The van der Waals surface area contributed by atoms with Crippen LogP contribution in [0.15, 0.2) is 30.3 Å². The van der Waals surface area contributed by atoms with Crippen LogP contribution in [0.25, 0.3) is 11.3 Å². The number of aromatic amines is 1. The molecule has 3 nitrogen and oxygen atoms in total. The quantitative estimate of drug-likeness (QED) is 0.866. The monoisotopic (exact) mass is 272 g/mol. The second kappa shape index (κ2) is 5.70. The van der Waals surface area contributed by atoms with Crippen molar-refractivity contribution in [1.29, 1.82) is 0 Å². The zero-order valence-electron chi connectivity index (χ0n) is 12.8. The third-order valence-electron chi connectivity index (χ3n) is 3.34. The van der Waals surface area contributed by atoms with E-state index in [4.69, 9.17) is 0 Å². The molecular formula is C17H24N2O. The van der Waals surface area contributed by atoms with Gasteiger partial charge in [0.15, 0.2) is 0 Å². The fraction of sp³-hybridized carbons (Fsp3) is 0.471. The number of phenols is 1. The summed E-state index contributed by atoms with van der Waals surface area (Å²) in [6, 6.07) is 9.33. The highest BCUT2D eigenvalue weighted by molar-refractivity contribution is 5.66. The van der Waals surface area contributed by atoms with Crippen molar-refractivity contribution in [1.82, 2.24) is 10.2 Å². The molecule has 2 N–H and O–H groups in total. The maximum absolute atomic E-state index is 9.85. The summed E-state index contributed by atoms with van der Waals surface area (Å²) in [5.74, 6) is 0.876. The first-order chi connectivity index (χ1) is 9.35.